The number of likely N-dealkylation sites (N-methyl/N-ethyl adjacent to an activating group) is 1. The standard InChI is InChI=1S/C29H33BrN6O3/c1-5-36-12-6-7-20(36)17-32-28(37)24-14-21(10-11-31-24)39-27-15-23-25(16-26(27)38-4)35(3)29(34-23)33-19-8-9-22(30)18(2)13-19/h8-11,13-16,20H,5-7,12,17H2,1-4H3,(H,32,37)(H,33,34). The average Bonchev–Trinajstić information content (AvgIpc) is 3.52. The molecule has 5 rings (SSSR count). The first-order valence-corrected chi connectivity index (χ1v) is 13.9. The number of fused-ring (bicyclic) bond motifs is 1. The number of likely N-dealkylation sites (tertiary alicyclic amines) is 1. The predicted molar refractivity (Wildman–Crippen MR) is 156 cm³/mol. The van der Waals surface area contributed by atoms with Gasteiger partial charge in [0, 0.05) is 54.2 Å². The number of hydrogen-bond donors (Lipinski definition) is 2. The third-order valence-corrected chi connectivity index (χ3v) is 8.07. The Kier molecular flexibility index (Phi) is 8.04. The van der Waals surface area contributed by atoms with E-state index in [1.807, 2.05) is 42.8 Å². The molecule has 0 aliphatic carbocycles. The van der Waals surface area contributed by atoms with E-state index in [0.717, 1.165) is 46.3 Å². The second-order valence-corrected chi connectivity index (χ2v) is 10.5. The van der Waals surface area contributed by atoms with Crippen molar-refractivity contribution in [3.63, 3.8) is 0 Å². The lowest BCUT2D eigenvalue weighted by Gasteiger charge is -2.22. The van der Waals surface area contributed by atoms with Crippen LogP contribution in [-0.4, -0.2) is 58.1 Å². The lowest BCUT2D eigenvalue weighted by molar-refractivity contribution is 0.0936. The minimum atomic E-state index is -0.213. The molecule has 0 radical (unpaired) electrons. The Bertz CT molecular complexity index is 1500. The fraction of sp³-hybridized carbons (Fsp3) is 0.345. The van der Waals surface area contributed by atoms with Crippen molar-refractivity contribution in [2.45, 2.75) is 32.7 Å². The van der Waals surface area contributed by atoms with Crippen LogP contribution in [0.25, 0.3) is 11.0 Å². The number of methoxy groups -OCH3 is 1. The fourth-order valence-electron chi connectivity index (χ4n) is 4.97. The number of nitrogens with one attached hydrogen (secondary N) is 2. The van der Waals surface area contributed by atoms with Crippen molar-refractivity contribution >= 4 is 44.5 Å². The molecule has 1 atom stereocenters. The number of aromatic nitrogens is 3. The van der Waals surface area contributed by atoms with E-state index >= 15 is 0 Å². The zero-order chi connectivity index (χ0) is 27.5. The van der Waals surface area contributed by atoms with Gasteiger partial charge in [-0.2, -0.15) is 0 Å². The van der Waals surface area contributed by atoms with Crippen LogP contribution in [0.1, 0.15) is 35.8 Å². The van der Waals surface area contributed by atoms with Crippen LogP contribution in [0.5, 0.6) is 17.2 Å². The molecular weight excluding hydrogens is 560 g/mol. The van der Waals surface area contributed by atoms with Gasteiger partial charge in [-0.15, -0.1) is 0 Å². The number of carbonyl (C=O) groups is 1. The fourth-order valence-corrected chi connectivity index (χ4v) is 5.22. The number of nitrogens with zero attached hydrogens (tertiary/aromatic N) is 4. The molecule has 4 aromatic rings. The summed E-state index contributed by atoms with van der Waals surface area (Å²) in [5, 5.41) is 6.42. The van der Waals surface area contributed by atoms with Gasteiger partial charge in [0.15, 0.2) is 11.5 Å². The summed E-state index contributed by atoms with van der Waals surface area (Å²) in [6, 6.07) is 13.5. The van der Waals surface area contributed by atoms with Crippen LogP contribution in [0, 0.1) is 6.92 Å². The summed E-state index contributed by atoms with van der Waals surface area (Å²) < 4.78 is 14.8. The van der Waals surface area contributed by atoms with E-state index in [-0.39, 0.29) is 5.91 Å². The number of benzene rings is 2. The number of aryl methyl sites for hydroxylation is 2. The Morgan fingerprint density at radius 3 is 2.79 bits per heavy atom. The maximum absolute atomic E-state index is 12.8. The molecular formula is C29H33BrN6O3. The molecule has 2 aromatic carbocycles. The zero-order valence-corrected chi connectivity index (χ0v) is 24.2. The summed E-state index contributed by atoms with van der Waals surface area (Å²) in [5.74, 6) is 2.02. The van der Waals surface area contributed by atoms with Gasteiger partial charge in [-0.1, -0.05) is 22.9 Å². The van der Waals surface area contributed by atoms with E-state index in [2.05, 4.69) is 49.4 Å². The predicted octanol–water partition coefficient (Wildman–Crippen LogP) is 5.80. The zero-order valence-electron chi connectivity index (χ0n) is 22.6. The molecule has 2 N–H and O–H groups in total. The molecule has 1 aliphatic rings. The lowest BCUT2D eigenvalue weighted by Crippen LogP contribution is -2.40. The quantitative estimate of drug-likeness (QED) is 0.254. The number of carbonyl (C=O) groups excluding carboxylic acids is 1. The third kappa shape index (κ3) is 5.86. The van der Waals surface area contributed by atoms with Gasteiger partial charge in [-0.3, -0.25) is 14.7 Å². The van der Waals surface area contributed by atoms with Crippen molar-refractivity contribution in [3.05, 3.63) is 64.4 Å². The number of imidazole rings is 1. The average molecular weight is 594 g/mol. The van der Waals surface area contributed by atoms with Gasteiger partial charge in [0.25, 0.3) is 5.91 Å². The lowest BCUT2D eigenvalue weighted by atomic mass is 10.2. The highest BCUT2D eigenvalue weighted by atomic mass is 79.9. The number of hydrogen-bond acceptors (Lipinski definition) is 7. The van der Waals surface area contributed by atoms with Gasteiger partial charge < -0.3 is 24.7 Å². The first kappa shape index (κ1) is 27.0. The van der Waals surface area contributed by atoms with E-state index in [9.17, 15) is 4.79 Å². The second kappa shape index (κ2) is 11.6. The topological polar surface area (TPSA) is 93.5 Å². The molecule has 0 bridgehead atoms. The van der Waals surface area contributed by atoms with Crippen LogP contribution in [0.4, 0.5) is 11.6 Å². The van der Waals surface area contributed by atoms with Crippen molar-refractivity contribution in [2.75, 3.05) is 32.1 Å². The Morgan fingerprint density at radius 2 is 2.03 bits per heavy atom. The van der Waals surface area contributed by atoms with E-state index in [4.69, 9.17) is 14.5 Å². The summed E-state index contributed by atoms with van der Waals surface area (Å²) >= 11 is 3.54. The van der Waals surface area contributed by atoms with Gasteiger partial charge in [0.1, 0.15) is 11.4 Å². The van der Waals surface area contributed by atoms with E-state index in [1.165, 1.54) is 6.42 Å². The molecule has 0 saturated carbocycles. The summed E-state index contributed by atoms with van der Waals surface area (Å²) in [6.07, 6.45) is 3.84. The number of amides is 1. The van der Waals surface area contributed by atoms with Gasteiger partial charge in [-0.25, -0.2) is 4.98 Å². The Morgan fingerprint density at radius 1 is 1.18 bits per heavy atom. The van der Waals surface area contributed by atoms with E-state index < -0.39 is 0 Å². The SMILES string of the molecule is CCN1CCCC1CNC(=O)c1cc(Oc2cc3nc(Nc4ccc(Br)c(C)c4)n(C)c3cc2OC)ccn1. The normalized spacial score (nSPS) is 15.5. The summed E-state index contributed by atoms with van der Waals surface area (Å²) in [5.41, 5.74) is 4.01. The van der Waals surface area contributed by atoms with Gasteiger partial charge in [0.2, 0.25) is 5.95 Å². The van der Waals surface area contributed by atoms with Crippen molar-refractivity contribution in [3.8, 4) is 17.2 Å². The Hall–Kier alpha value is -3.63. The molecule has 39 heavy (non-hydrogen) atoms. The number of anilines is 2. The van der Waals surface area contributed by atoms with Crippen molar-refractivity contribution in [2.24, 2.45) is 7.05 Å². The first-order valence-electron chi connectivity index (χ1n) is 13.1. The van der Waals surface area contributed by atoms with Gasteiger partial charge in [-0.05, 0) is 62.7 Å². The summed E-state index contributed by atoms with van der Waals surface area (Å²) in [7, 11) is 3.55. The van der Waals surface area contributed by atoms with Crippen molar-refractivity contribution in [1.82, 2.24) is 24.8 Å². The van der Waals surface area contributed by atoms with Crippen molar-refractivity contribution in [1.29, 1.82) is 0 Å². The smallest absolute Gasteiger partial charge is 0.270 e. The highest BCUT2D eigenvalue weighted by Gasteiger charge is 2.23. The highest BCUT2D eigenvalue weighted by molar-refractivity contribution is 9.10. The molecule has 1 fully saturated rings. The summed E-state index contributed by atoms with van der Waals surface area (Å²) in [6.45, 7) is 6.89. The van der Waals surface area contributed by atoms with Crippen LogP contribution in [0.2, 0.25) is 0 Å². The minimum absolute atomic E-state index is 0.213. The molecule has 0 spiro atoms. The first-order chi connectivity index (χ1) is 18.9. The number of ether oxygens (including phenoxy) is 2. The third-order valence-electron chi connectivity index (χ3n) is 7.18. The largest absolute Gasteiger partial charge is 0.493 e. The molecule has 1 aliphatic heterocycles. The minimum Gasteiger partial charge on any atom is -0.493 e. The molecule has 1 saturated heterocycles. The molecule has 1 unspecified atom stereocenters. The maximum Gasteiger partial charge on any atom is 0.270 e. The van der Waals surface area contributed by atoms with E-state index in [1.54, 1.807) is 25.4 Å². The molecule has 1 amide bonds. The van der Waals surface area contributed by atoms with Crippen LogP contribution in [0.3, 0.4) is 0 Å². The number of pyridine rings is 1. The van der Waals surface area contributed by atoms with Crippen LogP contribution in [0.15, 0.2) is 53.1 Å². The second-order valence-electron chi connectivity index (χ2n) is 9.69. The molecule has 204 valence electrons. The molecule has 3 heterocycles. The van der Waals surface area contributed by atoms with Crippen molar-refractivity contribution < 1.29 is 14.3 Å². The molecule has 2 aromatic heterocycles. The Balaban J connectivity index is 1.34. The van der Waals surface area contributed by atoms with Crippen LogP contribution < -0.4 is 20.1 Å². The van der Waals surface area contributed by atoms with Gasteiger partial charge in [0.05, 0.1) is 18.1 Å². The highest BCUT2D eigenvalue weighted by Crippen LogP contribution is 2.36. The maximum atomic E-state index is 12.8. The van der Waals surface area contributed by atoms with Crippen LogP contribution in [-0.2, 0) is 7.05 Å². The molecule has 10 heteroatoms. The number of halogens is 1. The van der Waals surface area contributed by atoms with Gasteiger partial charge >= 0.3 is 0 Å². The Labute approximate surface area is 236 Å². The molecule has 9 nitrogen and oxygen atoms in total. The van der Waals surface area contributed by atoms with Crippen LogP contribution >= 0.6 is 15.9 Å². The number of rotatable bonds is 9. The van der Waals surface area contributed by atoms with E-state index in [0.29, 0.717) is 41.5 Å². The monoisotopic (exact) mass is 592 g/mol. The summed E-state index contributed by atoms with van der Waals surface area (Å²) in [4.78, 5) is 24.3.